The van der Waals surface area contributed by atoms with Crippen molar-refractivity contribution in [1.82, 2.24) is 19.3 Å². The summed E-state index contributed by atoms with van der Waals surface area (Å²) in [5.41, 5.74) is 4.14. The highest BCUT2D eigenvalue weighted by Gasteiger charge is 2.25. The minimum absolute atomic E-state index is 0.0557. The van der Waals surface area contributed by atoms with Crippen molar-refractivity contribution in [2.24, 2.45) is 0 Å². The van der Waals surface area contributed by atoms with Gasteiger partial charge in [0.05, 0.1) is 11.9 Å². The van der Waals surface area contributed by atoms with E-state index in [0.717, 1.165) is 27.9 Å². The highest BCUT2D eigenvalue weighted by Crippen LogP contribution is 2.23. The number of carbonyl (C=O) groups excluding carboxylic acids is 1. The van der Waals surface area contributed by atoms with E-state index in [1.165, 1.54) is 17.4 Å². The molecule has 4 aromatic rings. The quantitative estimate of drug-likeness (QED) is 0.365. The highest BCUT2D eigenvalue weighted by molar-refractivity contribution is 7.89. The predicted molar refractivity (Wildman–Crippen MR) is 129 cm³/mol. The largest absolute Gasteiger partial charge is 0.300 e. The van der Waals surface area contributed by atoms with Crippen molar-refractivity contribution < 1.29 is 13.2 Å². The molecule has 0 unspecified atom stereocenters. The van der Waals surface area contributed by atoms with Crippen molar-refractivity contribution in [2.45, 2.75) is 31.3 Å². The van der Waals surface area contributed by atoms with E-state index in [9.17, 15) is 13.2 Å². The van der Waals surface area contributed by atoms with Crippen molar-refractivity contribution in [3.8, 4) is 11.3 Å². The molecule has 2 aromatic carbocycles. The fourth-order valence-electron chi connectivity index (χ4n) is 3.64. The smallest absolute Gasteiger partial charge is 0.245 e. The Hall–Kier alpha value is -3.75. The molecular formula is C26H24N4O3S. The van der Waals surface area contributed by atoms with Crippen LogP contribution >= 0.6 is 0 Å². The second-order valence-electron chi connectivity index (χ2n) is 7.95. The van der Waals surface area contributed by atoms with Gasteiger partial charge in [0.15, 0.2) is 0 Å². The lowest BCUT2D eigenvalue weighted by atomic mass is 10.1. The second kappa shape index (κ2) is 10.5. The van der Waals surface area contributed by atoms with Crippen LogP contribution in [0.5, 0.6) is 0 Å². The first kappa shape index (κ1) is 23.4. The first-order valence-electron chi connectivity index (χ1n) is 10.7. The van der Waals surface area contributed by atoms with Crippen molar-refractivity contribution in [1.29, 1.82) is 0 Å². The Labute approximate surface area is 199 Å². The third-order valence-electron chi connectivity index (χ3n) is 5.25. The summed E-state index contributed by atoms with van der Waals surface area (Å²) >= 11 is 0. The molecule has 172 valence electrons. The number of rotatable bonds is 9. The molecule has 0 bridgehead atoms. The van der Waals surface area contributed by atoms with Crippen molar-refractivity contribution in [3.63, 3.8) is 0 Å². The Balaban J connectivity index is 1.64. The fraction of sp³-hybridized carbons (Fsp3) is 0.154. The van der Waals surface area contributed by atoms with Gasteiger partial charge in [-0.25, -0.2) is 8.42 Å². The molecule has 0 radical (unpaired) electrons. The number of hydrogen-bond acceptors (Lipinski definition) is 6. The molecular weight excluding hydrogens is 448 g/mol. The van der Waals surface area contributed by atoms with Gasteiger partial charge in [0.2, 0.25) is 10.0 Å². The average molecular weight is 473 g/mol. The summed E-state index contributed by atoms with van der Waals surface area (Å²) in [6.07, 6.45) is 8.14. The summed E-state index contributed by atoms with van der Waals surface area (Å²) in [5.74, 6) is 0.0557. The molecule has 0 saturated heterocycles. The van der Waals surface area contributed by atoms with Crippen LogP contribution in [0.4, 0.5) is 0 Å². The van der Waals surface area contributed by atoms with Crippen molar-refractivity contribution in [2.75, 3.05) is 0 Å². The van der Waals surface area contributed by atoms with Crippen LogP contribution in [0.1, 0.15) is 23.6 Å². The van der Waals surface area contributed by atoms with Gasteiger partial charge in [0.1, 0.15) is 10.7 Å². The van der Waals surface area contributed by atoms with Crippen LogP contribution < -0.4 is 0 Å². The molecule has 34 heavy (non-hydrogen) atoms. The SMILES string of the molecule is CC(=O)Cc1cccc(CN(Cc2ccc(-c3cnccn3)cc2)S(=O)(=O)c2cccnc2)c1. The summed E-state index contributed by atoms with van der Waals surface area (Å²) in [7, 11) is -3.81. The zero-order valence-corrected chi connectivity index (χ0v) is 19.5. The second-order valence-corrected chi connectivity index (χ2v) is 9.89. The zero-order chi connectivity index (χ0) is 24.0. The summed E-state index contributed by atoms with van der Waals surface area (Å²) in [5, 5.41) is 0. The van der Waals surface area contributed by atoms with E-state index in [-0.39, 0.29) is 23.8 Å². The number of hydrogen-bond donors (Lipinski definition) is 0. The Morgan fingerprint density at radius 1 is 0.824 bits per heavy atom. The maximum atomic E-state index is 13.5. The van der Waals surface area contributed by atoms with E-state index in [2.05, 4.69) is 15.0 Å². The number of sulfonamides is 1. The van der Waals surface area contributed by atoms with E-state index >= 15 is 0 Å². The van der Waals surface area contributed by atoms with Gasteiger partial charge in [-0.2, -0.15) is 4.31 Å². The lowest BCUT2D eigenvalue weighted by Gasteiger charge is -2.23. The average Bonchev–Trinajstić information content (AvgIpc) is 2.85. The van der Waals surface area contributed by atoms with Crippen LogP contribution in [0.15, 0.2) is 96.5 Å². The van der Waals surface area contributed by atoms with Crippen molar-refractivity contribution in [3.05, 3.63) is 108 Å². The molecule has 2 heterocycles. The van der Waals surface area contributed by atoms with Crippen LogP contribution in [-0.4, -0.2) is 33.5 Å². The highest BCUT2D eigenvalue weighted by atomic mass is 32.2. The number of aromatic nitrogens is 3. The third-order valence-corrected chi connectivity index (χ3v) is 7.02. The van der Waals surface area contributed by atoms with Crippen LogP contribution in [0.2, 0.25) is 0 Å². The predicted octanol–water partition coefficient (Wildman–Crippen LogP) is 4.06. The molecule has 8 heteroatoms. The maximum Gasteiger partial charge on any atom is 0.245 e. The van der Waals surface area contributed by atoms with Crippen LogP contribution in [-0.2, 0) is 34.3 Å². The van der Waals surface area contributed by atoms with Gasteiger partial charge in [-0.1, -0.05) is 48.5 Å². The van der Waals surface area contributed by atoms with Crippen molar-refractivity contribution >= 4 is 15.8 Å². The number of Topliss-reactive ketones (excluding diaryl/α,β-unsaturated/α-hetero) is 1. The molecule has 7 nitrogen and oxygen atoms in total. The number of benzene rings is 2. The van der Waals surface area contributed by atoms with Gasteiger partial charge in [-0.05, 0) is 35.7 Å². The third kappa shape index (κ3) is 5.78. The van der Waals surface area contributed by atoms with E-state index < -0.39 is 10.0 Å². The van der Waals surface area contributed by atoms with Gasteiger partial charge in [0, 0.05) is 49.9 Å². The topological polar surface area (TPSA) is 93.1 Å². The molecule has 0 aliphatic rings. The monoisotopic (exact) mass is 472 g/mol. The normalized spacial score (nSPS) is 11.5. The molecule has 0 aliphatic carbocycles. The molecule has 0 saturated carbocycles. The molecule has 4 rings (SSSR count). The van der Waals surface area contributed by atoms with Gasteiger partial charge >= 0.3 is 0 Å². The van der Waals surface area contributed by atoms with Crippen LogP contribution in [0.25, 0.3) is 11.3 Å². The molecule has 2 aromatic heterocycles. The lowest BCUT2D eigenvalue weighted by molar-refractivity contribution is -0.116. The lowest BCUT2D eigenvalue weighted by Crippen LogP contribution is -2.30. The zero-order valence-electron chi connectivity index (χ0n) is 18.7. The molecule has 0 amide bonds. The molecule has 0 atom stereocenters. The minimum atomic E-state index is -3.81. The number of carbonyl (C=O) groups is 1. The Bertz CT molecular complexity index is 1360. The van der Waals surface area contributed by atoms with E-state index in [4.69, 9.17) is 0 Å². The molecule has 0 N–H and O–H groups in total. The first-order valence-corrected chi connectivity index (χ1v) is 12.2. The number of pyridine rings is 1. The Kier molecular flexibility index (Phi) is 7.20. The molecule has 0 aliphatic heterocycles. The minimum Gasteiger partial charge on any atom is -0.300 e. The van der Waals surface area contributed by atoms with Crippen LogP contribution in [0, 0.1) is 0 Å². The van der Waals surface area contributed by atoms with Gasteiger partial charge < -0.3 is 0 Å². The summed E-state index contributed by atoms with van der Waals surface area (Å²) in [6, 6.07) is 18.2. The summed E-state index contributed by atoms with van der Waals surface area (Å²) in [6.45, 7) is 1.88. The fourth-order valence-corrected chi connectivity index (χ4v) is 5.02. The van der Waals surface area contributed by atoms with Gasteiger partial charge in [-0.3, -0.25) is 19.7 Å². The van der Waals surface area contributed by atoms with E-state index in [1.54, 1.807) is 36.9 Å². The Morgan fingerprint density at radius 2 is 1.56 bits per heavy atom. The maximum absolute atomic E-state index is 13.5. The van der Waals surface area contributed by atoms with E-state index in [1.807, 2.05) is 48.5 Å². The van der Waals surface area contributed by atoms with E-state index in [0.29, 0.717) is 6.42 Å². The first-order chi connectivity index (χ1) is 16.4. The molecule has 0 fully saturated rings. The van der Waals surface area contributed by atoms with Gasteiger partial charge in [0.25, 0.3) is 0 Å². The van der Waals surface area contributed by atoms with Crippen LogP contribution in [0.3, 0.4) is 0 Å². The standard InChI is InChI=1S/C26H24N4O3S/c1-20(31)14-22-4-2-5-23(15-22)19-30(34(32,33)25-6-3-11-27-16-25)18-21-7-9-24(10-8-21)26-17-28-12-13-29-26/h2-13,15-17H,14,18-19H2,1H3. The van der Waals surface area contributed by atoms with Gasteiger partial charge in [-0.15, -0.1) is 0 Å². The summed E-state index contributed by atoms with van der Waals surface area (Å²) < 4.78 is 28.4. The number of ketones is 1. The number of nitrogens with zero attached hydrogens (tertiary/aromatic N) is 4. The molecule has 0 spiro atoms. The Morgan fingerprint density at radius 3 is 2.24 bits per heavy atom. The summed E-state index contributed by atoms with van der Waals surface area (Å²) in [4.78, 5) is 24.1.